The minimum Gasteiger partial charge on any atom is -0.367 e. The van der Waals surface area contributed by atoms with Gasteiger partial charge in [0.2, 0.25) is 5.91 Å². The molecule has 6 rings (SSSR count). The number of nitrogens with zero attached hydrogens (tertiary/aromatic N) is 4. The molecule has 10 heteroatoms. The standard InChI is InChI=1S/C29H28ClF2N5O2/c30-19-12-22(25(26(31)32)34-13-19)27(38)35-20-9-7-18(8-10-20)15-37-24-6-2-1-5-23(24)29(28(37)39)16-36(17-29)21-4-3-11-33-14-21/h1-6,11-14,18,20,26H,7-10,15-17H2,(H,35,38). The van der Waals surface area contributed by atoms with Crippen molar-refractivity contribution < 1.29 is 18.4 Å². The third kappa shape index (κ3) is 4.62. The molecule has 39 heavy (non-hydrogen) atoms. The molecule has 4 heterocycles. The lowest BCUT2D eigenvalue weighted by Crippen LogP contribution is -2.64. The molecular weight excluding hydrogens is 524 g/mol. The Kier molecular flexibility index (Phi) is 6.71. The average molecular weight is 552 g/mol. The number of para-hydroxylation sites is 1. The van der Waals surface area contributed by atoms with Crippen LogP contribution < -0.4 is 15.1 Å². The number of hydrogen-bond donors (Lipinski definition) is 1. The number of carbonyl (C=O) groups excluding carboxylic acids is 2. The van der Waals surface area contributed by atoms with Crippen molar-refractivity contribution in [2.24, 2.45) is 5.92 Å². The number of hydrogen-bond acceptors (Lipinski definition) is 5. The molecule has 3 aromatic rings. The summed E-state index contributed by atoms with van der Waals surface area (Å²) in [5, 5.41) is 3.02. The SMILES string of the molecule is O=C(NC1CCC(CN2C(=O)C3(CN(c4cccnc4)C3)c3ccccc32)CC1)c1cc(Cl)cnc1C(F)F. The lowest BCUT2D eigenvalue weighted by molar-refractivity contribution is -0.124. The lowest BCUT2D eigenvalue weighted by atomic mass is 9.74. The Morgan fingerprint density at radius 2 is 1.87 bits per heavy atom. The Morgan fingerprint density at radius 3 is 2.59 bits per heavy atom. The second kappa shape index (κ2) is 10.2. The average Bonchev–Trinajstić information content (AvgIpc) is 3.17. The summed E-state index contributed by atoms with van der Waals surface area (Å²) in [6.45, 7) is 1.88. The summed E-state index contributed by atoms with van der Waals surface area (Å²) in [7, 11) is 0. The van der Waals surface area contributed by atoms with E-state index in [9.17, 15) is 18.4 Å². The van der Waals surface area contributed by atoms with Crippen LogP contribution in [0.25, 0.3) is 0 Å². The highest BCUT2D eigenvalue weighted by atomic mass is 35.5. The zero-order valence-electron chi connectivity index (χ0n) is 21.2. The lowest BCUT2D eigenvalue weighted by Gasteiger charge is -2.48. The van der Waals surface area contributed by atoms with Gasteiger partial charge in [0.15, 0.2) is 0 Å². The smallest absolute Gasteiger partial charge is 0.281 e. The molecule has 1 saturated carbocycles. The Balaban J connectivity index is 1.09. The van der Waals surface area contributed by atoms with Crippen molar-refractivity contribution in [2.75, 3.05) is 29.4 Å². The number of alkyl halides is 2. The van der Waals surface area contributed by atoms with Gasteiger partial charge in [-0.15, -0.1) is 0 Å². The normalized spacial score (nSPS) is 21.7. The molecule has 2 aliphatic heterocycles. The third-order valence-corrected chi connectivity index (χ3v) is 8.46. The van der Waals surface area contributed by atoms with Gasteiger partial charge < -0.3 is 15.1 Å². The van der Waals surface area contributed by atoms with E-state index in [0.717, 1.165) is 36.0 Å². The summed E-state index contributed by atoms with van der Waals surface area (Å²) < 4.78 is 26.7. The van der Waals surface area contributed by atoms with E-state index in [1.807, 2.05) is 41.4 Å². The number of fused-ring (bicyclic) bond motifs is 2. The van der Waals surface area contributed by atoms with Crippen LogP contribution in [-0.2, 0) is 10.2 Å². The van der Waals surface area contributed by atoms with E-state index in [4.69, 9.17) is 11.6 Å². The molecule has 1 spiro atoms. The predicted octanol–water partition coefficient (Wildman–Crippen LogP) is 5.16. The number of aromatic nitrogens is 2. The van der Waals surface area contributed by atoms with Crippen molar-refractivity contribution in [3.05, 3.63) is 82.9 Å². The fourth-order valence-electron chi connectivity index (χ4n) is 6.23. The number of anilines is 2. The number of amides is 2. The number of halogens is 3. The first kappa shape index (κ1) is 25.7. The highest BCUT2D eigenvalue weighted by Crippen LogP contribution is 2.49. The van der Waals surface area contributed by atoms with Crippen LogP contribution in [0.5, 0.6) is 0 Å². The minimum absolute atomic E-state index is 0.133. The first-order valence-electron chi connectivity index (χ1n) is 13.2. The van der Waals surface area contributed by atoms with E-state index in [1.165, 1.54) is 6.07 Å². The Labute approximate surface area is 230 Å². The predicted molar refractivity (Wildman–Crippen MR) is 144 cm³/mol. The molecule has 2 fully saturated rings. The van der Waals surface area contributed by atoms with Crippen molar-refractivity contribution in [1.29, 1.82) is 0 Å². The molecule has 1 aliphatic carbocycles. The van der Waals surface area contributed by atoms with Gasteiger partial charge in [-0.05, 0) is 61.4 Å². The first-order chi connectivity index (χ1) is 18.9. The van der Waals surface area contributed by atoms with Gasteiger partial charge in [-0.3, -0.25) is 19.6 Å². The van der Waals surface area contributed by atoms with Gasteiger partial charge in [0.25, 0.3) is 12.3 Å². The number of pyridine rings is 2. The number of benzene rings is 1. The summed E-state index contributed by atoms with van der Waals surface area (Å²) >= 11 is 5.91. The summed E-state index contributed by atoms with van der Waals surface area (Å²) in [4.78, 5) is 38.6. The monoisotopic (exact) mass is 551 g/mol. The van der Waals surface area contributed by atoms with E-state index in [0.29, 0.717) is 32.5 Å². The van der Waals surface area contributed by atoms with E-state index >= 15 is 0 Å². The maximum Gasteiger partial charge on any atom is 0.281 e. The summed E-state index contributed by atoms with van der Waals surface area (Å²) in [6.07, 6.45) is 4.87. The van der Waals surface area contributed by atoms with Gasteiger partial charge in [0, 0.05) is 43.8 Å². The van der Waals surface area contributed by atoms with Crippen LogP contribution in [0.1, 0.15) is 53.7 Å². The van der Waals surface area contributed by atoms with Crippen LogP contribution in [0.3, 0.4) is 0 Å². The maximum absolute atomic E-state index is 13.8. The quantitative estimate of drug-likeness (QED) is 0.458. The van der Waals surface area contributed by atoms with E-state index in [1.54, 1.807) is 6.20 Å². The second-order valence-electron chi connectivity index (χ2n) is 10.7. The molecule has 3 aliphatic rings. The van der Waals surface area contributed by atoms with Gasteiger partial charge in [0.05, 0.1) is 22.5 Å². The van der Waals surface area contributed by atoms with Crippen molar-refractivity contribution in [3.63, 3.8) is 0 Å². The molecule has 1 aromatic carbocycles. The van der Waals surface area contributed by atoms with Gasteiger partial charge in [-0.1, -0.05) is 29.8 Å². The molecular formula is C29H28ClF2N5O2. The van der Waals surface area contributed by atoms with Crippen LogP contribution in [0.15, 0.2) is 61.1 Å². The highest BCUT2D eigenvalue weighted by molar-refractivity contribution is 6.30. The fraction of sp³-hybridized carbons (Fsp3) is 0.379. The zero-order valence-corrected chi connectivity index (χ0v) is 22.0. The first-order valence-corrected chi connectivity index (χ1v) is 13.5. The summed E-state index contributed by atoms with van der Waals surface area (Å²) in [5.74, 6) is -0.158. The largest absolute Gasteiger partial charge is 0.367 e. The third-order valence-electron chi connectivity index (χ3n) is 8.26. The fourth-order valence-corrected chi connectivity index (χ4v) is 6.39. The molecule has 0 bridgehead atoms. The number of carbonyl (C=O) groups is 2. The van der Waals surface area contributed by atoms with Gasteiger partial charge in [0.1, 0.15) is 11.1 Å². The Bertz CT molecular complexity index is 1390. The molecule has 1 N–H and O–H groups in total. The maximum atomic E-state index is 13.8. The van der Waals surface area contributed by atoms with Crippen molar-refractivity contribution >= 4 is 34.8 Å². The zero-order chi connectivity index (χ0) is 27.1. The van der Waals surface area contributed by atoms with Crippen LogP contribution in [0.2, 0.25) is 5.02 Å². The molecule has 202 valence electrons. The van der Waals surface area contributed by atoms with Gasteiger partial charge >= 0.3 is 0 Å². The molecule has 2 amide bonds. The van der Waals surface area contributed by atoms with Gasteiger partial charge in [-0.25, -0.2) is 8.78 Å². The number of rotatable bonds is 6. The molecule has 2 aromatic heterocycles. The van der Waals surface area contributed by atoms with Crippen molar-refractivity contribution in [2.45, 2.75) is 43.6 Å². The molecule has 0 radical (unpaired) electrons. The summed E-state index contributed by atoms with van der Waals surface area (Å²) in [5.41, 5.74) is 1.79. The topological polar surface area (TPSA) is 78.4 Å². The highest BCUT2D eigenvalue weighted by Gasteiger charge is 2.58. The number of nitrogens with one attached hydrogen (secondary N) is 1. The molecule has 1 saturated heterocycles. The molecule has 0 unspecified atom stereocenters. The van der Waals surface area contributed by atoms with Gasteiger partial charge in [-0.2, -0.15) is 0 Å². The van der Waals surface area contributed by atoms with E-state index in [-0.39, 0.29) is 28.5 Å². The molecule has 7 nitrogen and oxygen atoms in total. The minimum atomic E-state index is -2.87. The van der Waals surface area contributed by atoms with Crippen LogP contribution in [-0.4, -0.2) is 47.5 Å². The van der Waals surface area contributed by atoms with Crippen LogP contribution in [0, 0.1) is 5.92 Å². The van der Waals surface area contributed by atoms with Crippen molar-refractivity contribution in [3.8, 4) is 0 Å². The Morgan fingerprint density at radius 1 is 1.10 bits per heavy atom. The van der Waals surface area contributed by atoms with E-state index in [2.05, 4.69) is 26.3 Å². The molecule has 0 atom stereocenters. The second-order valence-corrected chi connectivity index (χ2v) is 11.1. The van der Waals surface area contributed by atoms with Crippen molar-refractivity contribution in [1.82, 2.24) is 15.3 Å². The Hall–Kier alpha value is -3.59. The van der Waals surface area contributed by atoms with E-state index < -0.39 is 23.4 Å². The van der Waals surface area contributed by atoms with Crippen LogP contribution >= 0.6 is 11.6 Å². The van der Waals surface area contributed by atoms with Crippen LogP contribution in [0.4, 0.5) is 20.2 Å². The summed E-state index contributed by atoms with van der Waals surface area (Å²) in [6, 6.07) is 13.1.